The Labute approximate surface area is 145 Å². The summed E-state index contributed by atoms with van der Waals surface area (Å²) in [6.07, 6.45) is 5.01. The molecule has 2 aliphatic heterocycles. The second kappa shape index (κ2) is 6.13. The minimum Gasteiger partial charge on any atom is -0.338 e. The van der Waals surface area contributed by atoms with E-state index in [1.165, 1.54) is 6.08 Å². The summed E-state index contributed by atoms with van der Waals surface area (Å²) in [5, 5.41) is 0. The lowest BCUT2D eigenvalue weighted by Crippen LogP contribution is -2.45. The highest BCUT2D eigenvalue weighted by Crippen LogP contribution is 2.38. The van der Waals surface area contributed by atoms with Crippen molar-refractivity contribution in [2.75, 3.05) is 13.1 Å². The molecule has 1 aromatic rings. The number of amides is 2. The number of nitrogens with one attached hydrogen (secondary N) is 1. The van der Waals surface area contributed by atoms with Gasteiger partial charge in [0.25, 0.3) is 5.56 Å². The van der Waals surface area contributed by atoms with Crippen LogP contribution in [0.25, 0.3) is 0 Å². The number of aromatic amines is 1. The zero-order valence-electron chi connectivity index (χ0n) is 14.2. The number of aromatic nitrogens is 2. The van der Waals surface area contributed by atoms with Gasteiger partial charge in [0.1, 0.15) is 5.82 Å². The molecule has 25 heavy (non-hydrogen) atoms. The van der Waals surface area contributed by atoms with Gasteiger partial charge in [-0.25, -0.2) is 4.98 Å². The van der Waals surface area contributed by atoms with E-state index in [1.54, 1.807) is 9.80 Å². The average Bonchev–Trinajstić information content (AvgIpc) is 3.39. The van der Waals surface area contributed by atoms with Gasteiger partial charge in [0, 0.05) is 19.0 Å². The Bertz CT molecular complexity index is 796. The normalized spacial score (nSPS) is 22.6. The van der Waals surface area contributed by atoms with Crippen molar-refractivity contribution in [1.29, 1.82) is 0 Å². The molecule has 1 atom stereocenters. The molecule has 132 valence electrons. The van der Waals surface area contributed by atoms with Crippen molar-refractivity contribution >= 4 is 11.8 Å². The first-order chi connectivity index (χ1) is 12.1. The van der Waals surface area contributed by atoms with Gasteiger partial charge in [0.15, 0.2) is 0 Å². The predicted molar refractivity (Wildman–Crippen MR) is 90.6 cm³/mol. The maximum absolute atomic E-state index is 12.9. The monoisotopic (exact) mass is 342 g/mol. The molecule has 1 N–H and O–H groups in total. The summed E-state index contributed by atoms with van der Waals surface area (Å²) < 4.78 is 0. The topological polar surface area (TPSA) is 86.4 Å². The SMILES string of the molecule is C=CC(=O)N1CCCC(C(=O)N2Cc3nc(C4CC4)[nH]c(=O)c3C2)C1. The van der Waals surface area contributed by atoms with E-state index >= 15 is 0 Å². The first-order valence-electron chi connectivity index (χ1n) is 8.89. The highest BCUT2D eigenvalue weighted by atomic mass is 16.2. The largest absolute Gasteiger partial charge is 0.338 e. The van der Waals surface area contributed by atoms with Crippen LogP contribution in [0, 0.1) is 5.92 Å². The van der Waals surface area contributed by atoms with Crippen LogP contribution in [0.3, 0.4) is 0 Å². The molecule has 3 aliphatic rings. The molecule has 0 spiro atoms. The van der Waals surface area contributed by atoms with E-state index in [9.17, 15) is 14.4 Å². The maximum atomic E-state index is 12.9. The number of hydrogen-bond acceptors (Lipinski definition) is 4. The van der Waals surface area contributed by atoms with Crippen LogP contribution in [0.15, 0.2) is 17.4 Å². The number of rotatable bonds is 3. The molecule has 1 unspecified atom stereocenters. The molecule has 7 nitrogen and oxygen atoms in total. The van der Waals surface area contributed by atoms with Crippen molar-refractivity contribution in [3.63, 3.8) is 0 Å². The molecule has 3 heterocycles. The van der Waals surface area contributed by atoms with Crippen molar-refractivity contribution in [1.82, 2.24) is 19.8 Å². The fourth-order valence-corrected chi connectivity index (χ4v) is 3.76. The second-order valence-electron chi connectivity index (χ2n) is 7.17. The van der Waals surface area contributed by atoms with Gasteiger partial charge in [-0.2, -0.15) is 0 Å². The quantitative estimate of drug-likeness (QED) is 0.828. The van der Waals surface area contributed by atoms with Gasteiger partial charge in [0.05, 0.1) is 30.3 Å². The van der Waals surface area contributed by atoms with E-state index in [4.69, 9.17) is 0 Å². The lowest BCUT2D eigenvalue weighted by atomic mass is 9.96. The van der Waals surface area contributed by atoms with Gasteiger partial charge in [0.2, 0.25) is 11.8 Å². The fourth-order valence-electron chi connectivity index (χ4n) is 3.76. The summed E-state index contributed by atoms with van der Waals surface area (Å²) >= 11 is 0. The summed E-state index contributed by atoms with van der Waals surface area (Å²) in [6, 6.07) is 0. The minimum atomic E-state index is -0.214. The smallest absolute Gasteiger partial charge is 0.256 e. The Morgan fingerprint density at radius 3 is 2.72 bits per heavy atom. The van der Waals surface area contributed by atoms with Crippen molar-refractivity contribution in [3.05, 3.63) is 40.1 Å². The summed E-state index contributed by atoms with van der Waals surface area (Å²) in [7, 11) is 0. The van der Waals surface area contributed by atoms with E-state index in [0.29, 0.717) is 37.7 Å². The molecular weight excluding hydrogens is 320 g/mol. The third-order valence-corrected chi connectivity index (χ3v) is 5.34. The van der Waals surface area contributed by atoms with Crippen molar-refractivity contribution < 1.29 is 9.59 Å². The Kier molecular flexibility index (Phi) is 3.94. The fraction of sp³-hybridized carbons (Fsp3) is 0.556. The van der Waals surface area contributed by atoms with Crippen molar-refractivity contribution in [2.24, 2.45) is 5.92 Å². The Morgan fingerprint density at radius 2 is 2.00 bits per heavy atom. The standard InChI is InChI=1S/C18H22N4O3/c1-2-15(23)21-7-3-4-12(8-21)18(25)22-9-13-14(10-22)19-16(11-5-6-11)20-17(13)24/h2,11-12H,1,3-10H2,(H,19,20,24). The van der Waals surface area contributed by atoms with Gasteiger partial charge < -0.3 is 14.8 Å². The molecule has 2 fully saturated rings. The summed E-state index contributed by atoms with van der Waals surface area (Å²) in [5.41, 5.74) is 1.22. The van der Waals surface area contributed by atoms with E-state index in [-0.39, 0.29) is 23.3 Å². The van der Waals surface area contributed by atoms with Crippen LogP contribution in [-0.2, 0) is 22.7 Å². The molecule has 0 aromatic carbocycles. The van der Waals surface area contributed by atoms with Gasteiger partial charge in [-0.05, 0) is 31.8 Å². The second-order valence-corrected chi connectivity index (χ2v) is 7.17. The van der Waals surface area contributed by atoms with Gasteiger partial charge >= 0.3 is 0 Å². The molecule has 4 rings (SSSR count). The summed E-state index contributed by atoms with van der Waals surface area (Å²) in [5.74, 6) is 0.799. The molecule has 2 amide bonds. The van der Waals surface area contributed by atoms with E-state index < -0.39 is 0 Å². The highest BCUT2D eigenvalue weighted by molar-refractivity contribution is 5.88. The molecule has 1 aliphatic carbocycles. The maximum Gasteiger partial charge on any atom is 0.256 e. The average molecular weight is 342 g/mol. The minimum absolute atomic E-state index is 0.00642. The molecule has 0 radical (unpaired) electrons. The number of likely N-dealkylation sites (tertiary alicyclic amines) is 1. The molecule has 1 saturated carbocycles. The Hall–Kier alpha value is -2.44. The van der Waals surface area contributed by atoms with E-state index in [1.807, 2.05) is 0 Å². The third-order valence-electron chi connectivity index (χ3n) is 5.34. The lowest BCUT2D eigenvalue weighted by molar-refractivity contribution is -0.140. The van der Waals surface area contributed by atoms with Crippen LogP contribution in [0.4, 0.5) is 0 Å². The number of carbonyl (C=O) groups is 2. The van der Waals surface area contributed by atoms with Crippen LogP contribution >= 0.6 is 0 Å². The number of H-pyrrole nitrogens is 1. The molecule has 1 saturated heterocycles. The number of fused-ring (bicyclic) bond motifs is 1. The highest BCUT2D eigenvalue weighted by Gasteiger charge is 2.35. The molecule has 0 bridgehead atoms. The summed E-state index contributed by atoms with van der Waals surface area (Å²) in [6.45, 7) is 5.31. The third kappa shape index (κ3) is 2.99. The first-order valence-corrected chi connectivity index (χ1v) is 8.89. The van der Waals surface area contributed by atoms with Gasteiger partial charge in [-0.15, -0.1) is 0 Å². The van der Waals surface area contributed by atoms with E-state index in [2.05, 4.69) is 16.5 Å². The zero-order chi connectivity index (χ0) is 17.6. The zero-order valence-corrected chi connectivity index (χ0v) is 14.2. The van der Waals surface area contributed by atoms with Crippen LogP contribution in [-0.4, -0.2) is 44.7 Å². The summed E-state index contributed by atoms with van der Waals surface area (Å²) in [4.78, 5) is 47.8. The van der Waals surface area contributed by atoms with Gasteiger partial charge in [-0.3, -0.25) is 14.4 Å². The Balaban J connectivity index is 1.48. The number of nitrogens with zero attached hydrogens (tertiary/aromatic N) is 3. The first kappa shape index (κ1) is 16.1. The lowest BCUT2D eigenvalue weighted by Gasteiger charge is -2.33. The van der Waals surface area contributed by atoms with Crippen LogP contribution in [0.2, 0.25) is 0 Å². The van der Waals surface area contributed by atoms with Crippen LogP contribution < -0.4 is 5.56 Å². The number of piperidine rings is 1. The van der Waals surface area contributed by atoms with Crippen LogP contribution in [0.5, 0.6) is 0 Å². The molecule has 7 heteroatoms. The molecular formula is C18H22N4O3. The van der Waals surface area contributed by atoms with Crippen LogP contribution in [0.1, 0.15) is 48.7 Å². The number of hydrogen-bond donors (Lipinski definition) is 1. The predicted octanol–water partition coefficient (Wildman–Crippen LogP) is 0.914. The Morgan fingerprint density at radius 1 is 1.20 bits per heavy atom. The van der Waals surface area contributed by atoms with Gasteiger partial charge in [-0.1, -0.05) is 6.58 Å². The van der Waals surface area contributed by atoms with Crippen molar-refractivity contribution in [3.8, 4) is 0 Å². The van der Waals surface area contributed by atoms with E-state index in [0.717, 1.165) is 37.2 Å². The van der Waals surface area contributed by atoms with Crippen molar-refractivity contribution in [2.45, 2.75) is 44.7 Å². The number of carbonyl (C=O) groups excluding carboxylic acids is 2. The molecule has 1 aromatic heterocycles.